The van der Waals surface area contributed by atoms with Gasteiger partial charge in [0.25, 0.3) is 5.56 Å². The lowest BCUT2D eigenvalue weighted by molar-refractivity contribution is 0.523. The summed E-state index contributed by atoms with van der Waals surface area (Å²) in [7, 11) is 0. The van der Waals surface area contributed by atoms with Gasteiger partial charge in [0.15, 0.2) is 0 Å². The van der Waals surface area contributed by atoms with Gasteiger partial charge in [0.05, 0.1) is 21.4 Å². The number of benzene rings is 1. The van der Waals surface area contributed by atoms with Crippen molar-refractivity contribution in [3.8, 4) is 5.69 Å². The van der Waals surface area contributed by atoms with E-state index in [4.69, 9.17) is 28.9 Å². The van der Waals surface area contributed by atoms with Crippen LogP contribution in [0.15, 0.2) is 23.0 Å². The largest absolute Gasteiger partial charge is 0.393 e. The fraction of sp³-hybridized carbons (Fsp3) is 0.308. The van der Waals surface area contributed by atoms with Crippen LogP contribution in [0.2, 0.25) is 10.0 Å². The van der Waals surface area contributed by atoms with Crippen LogP contribution in [-0.2, 0) is 6.54 Å². The molecular weight excluding hydrogens is 285 g/mol. The van der Waals surface area contributed by atoms with E-state index in [0.29, 0.717) is 22.3 Å². The highest BCUT2D eigenvalue weighted by atomic mass is 35.5. The summed E-state index contributed by atoms with van der Waals surface area (Å²) in [6.45, 7) is 4.58. The fourth-order valence-electron chi connectivity index (χ4n) is 2.02. The fourth-order valence-corrected chi connectivity index (χ4v) is 2.31. The van der Waals surface area contributed by atoms with E-state index in [1.165, 1.54) is 4.68 Å². The lowest BCUT2D eigenvalue weighted by atomic mass is 10.3. The van der Waals surface area contributed by atoms with E-state index in [2.05, 4.69) is 0 Å². The molecule has 0 saturated heterocycles. The molecule has 0 fully saturated rings. The Kier molecular flexibility index (Phi) is 3.92. The summed E-state index contributed by atoms with van der Waals surface area (Å²) in [4.78, 5) is 12.2. The molecule has 2 aromatic rings. The minimum atomic E-state index is -0.232. The molecule has 4 nitrogen and oxygen atoms in total. The van der Waals surface area contributed by atoms with Gasteiger partial charge in [-0.15, -0.1) is 0 Å². The highest BCUT2D eigenvalue weighted by Gasteiger charge is 2.15. The number of rotatable bonds is 3. The summed E-state index contributed by atoms with van der Waals surface area (Å²) in [5.41, 5.74) is 7.28. The van der Waals surface area contributed by atoms with E-state index in [1.54, 1.807) is 18.2 Å². The minimum absolute atomic E-state index is 0.232. The molecule has 0 bridgehead atoms. The molecule has 2 rings (SSSR count). The molecule has 0 aliphatic carbocycles. The summed E-state index contributed by atoms with van der Waals surface area (Å²) < 4.78 is 3.40. The van der Waals surface area contributed by atoms with Gasteiger partial charge in [-0.25, -0.2) is 4.68 Å². The van der Waals surface area contributed by atoms with Crippen LogP contribution >= 0.6 is 23.2 Å². The van der Waals surface area contributed by atoms with Crippen molar-refractivity contribution in [3.05, 3.63) is 44.3 Å². The molecule has 0 amide bonds. The Labute approximate surface area is 121 Å². The van der Waals surface area contributed by atoms with Crippen molar-refractivity contribution in [1.82, 2.24) is 9.36 Å². The third-order valence-corrected chi connectivity index (χ3v) is 3.76. The van der Waals surface area contributed by atoms with Gasteiger partial charge < -0.3 is 5.73 Å². The van der Waals surface area contributed by atoms with Crippen LogP contribution < -0.4 is 11.3 Å². The van der Waals surface area contributed by atoms with Crippen molar-refractivity contribution in [1.29, 1.82) is 0 Å². The standard InChI is InChI=1S/C13H15Cl2N3O/c1-3-6-17-8(2)12(16)13(19)18(17)9-4-5-10(14)11(15)7-9/h4-5,7H,3,6,16H2,1-2H3. The van der Waals surface area contributed by atoms with Crippen LogP contribution in [0.25, 0.3) is 5.69 Å². The van der Waals surface area contributed by atoms with Crippen molar-refractivity contribution >= 4 is 28.9 Å². The molecule has 1 heterocycles. The Balaban J connectivity index is 2.70. The van der Waals surface area contributed by atoms with E-state index >= 15 is 0 Å². The second-order valence-corrected chi connectivity index (χ2v) is 5.15. The van der Waals surface area contributed by atoms with Gasteiger partial charge in [0.1, 0.15) is 5.69 Å². The number of nitrogens with zero attached hydrogens (tertiary/aromatic N) is 2. The summed E-state index contributed by atoms with van der Waals surface area (Å²) in [5, 5.41) is 0.864. The van der Waals surface area contributed by atoms with Gasteiger partial charge in [-0.3, -0.25) is 9.48 Å². The summed E-state index contributed by atoms with van der Waals surface area (Å²) >= 11 is 11.9. The minimum Gasteiger partial charge on any atom is -0.393 e. The van der Waals surface area contributed by atoms with E-state index in [-0.39, 0.29) is 11.2 Å². The van der Waals surface area contributed by atoms with Gasteiger partial charge in [-0.1, -0.05) is 30.1 Å². The molecule has 102 valence electrons. The third-order valence-electron chi connectivity index (χ3n) is 3.02. The topological polar surface area (TPSA) is 52.9 Å². The lowest BCUT2D eigenvalue weighted by Crippen LogP contribution is -2.22. The predicted molar refractivity (Wildman–Crippen MR) is 79.5 cm³/mol. The predicted octanol–water partition coefficient (Wildman–Crippen LogP) is 3.25. The zero-order valence-electron chi connectivity index (χ0n) is 10.8. The van der Waals surface area contributed by atoms with E-state index < -0.39 is 0 Å². The number of halogens is 2. The molecule has 0 unspecified atom stereocenters. The molecule has 2 N–H and O–H groups in total. The molecule has 6 heteroatoms. The Morgan fingerprint density at radius 2 is 1.95 bits per heavy atom. The van der Waals surface area contributed by atoms with Gasteiger partial charge in [0.2, 0.25) is 0 Å². The highest BCUT2D eigenvalue weighted by molar-refractivity contribution is 6.42. The maximum absolute atomic E-state index is 12.2. The van der Waals surface area contributed by atoms with Crippen molar-refractivity contribution in [2.24, 2.45) is 0 Å². The first-order valence-corrected chi connectivity index (χ1v) is 6.76. The molecule has 0 saturated carbocycles. The summed E-state index contributed by atoms with van der Waals surface area (Å²) in [6, 6.07) is 5.08. The number of hydrogen-bond donors (Lipinski definition) is 1. The van der Waals surface area contributed by atoms with E-state index in [9.17, 15) is 4.79 Å². The molecule has 1 aromatic heterocycles. The smallest absolute Gasteiger partial charge is 0.294 e. The molecule has 19 heavy (non-hydrogen) atoms. The zero-order valence-corrected chi connectivity index (χ0v) is 12.3. The lowest BCUT2D eigenvalue weighted by Gasteiger charge is -2.13. The Hall–Kier alpha value is -1.39. The van der Waals surface area contributed by atoms with Crippen LogP contribution in [-0.4, -0.2) is 9.36 Å². The van der Waals surface area contributed by atoms with Gasteiger partial charge in [0, 0.05) is 6.54 Å². The maximum Gasteiger partial charge on any atom is 0.294 e. The Morgan fingerprint density at radius 3 is 2.53 bits per heavy atom. The third kappa shape index (κ3) is 2.38. The second kappa shape index (κ2) is 5.31. The first-order chi connectivity index (χ1) is 8.97. The molecule has 1 aromatic carbocycles. The average Bonchev–Trinajstić information content (AvgIpc) is 2.59. The van der Waals surface area contributed by atoms with Gasteiger partial charge in [-0.05, 0) is 31.5 Å². The van der Waals surface area contributed by atoms with Crippen molar-refractivity contribution < 1.29 is 0 Å². The summed E-state index contributed by atoms with van der Waals surface area (Å²) in [6.07, 6.45) is 0.899. The van der Waals surface area contributed by atoms with Crippen molar-refractivity contribution in [2.75, 3.05) is 5.73 Å². The van der Waals surface area contributed by atoms with Gasteiger partial charge >= 0.3 is 0 Å². The number of hydrogen-bond acceptors (Lipinski definition) is 2. The SMILES string of the molecule is CCCn1c(C)c(N)c(=O)n1-c1ccc(Cl)c(Cl)c1. The Bertz CT molecular complexity index is 673. The van der Waals surface area contributed by atoms with E-state index in [0.717, 1.165) is 12.1 Å². The monoisotopic (exact) mass is 299 g/mol. The summed E-state index contributed by atoms with van der Waals surface area (Å²) in [5.74, 6) is 0. The number of aromatic nitrogens is 2. The van der Waals surface area contributed by atoms with Gasteiger partial charge in [-0.2, -0.15) is 0 Å². The van der Waals surface area contributed by atoms with Crippen molar-refractivity contribution in [3.63, 3.8) is 0 Å². The van der Waals surface area contributed by atoms with Crippen LogP contribution in [0, 0.1) is 6.92 Å². The van der Waals surface area contributed by atoms with Crippen LogP contribution in [0.4, 0.5) is 5.69 Å². The maximum atomic E-state index is 12.2. The van der Waals surface area contributed by atoms with Crippen molar-refractivity contribution in [2.45, 2.75) is 26.8 Å². The number of nitrogen functional groups attached to an aromatic ring is 1. The molecule has 0 aliphatic rings. The molecule has 0 atom stereocenters. The molecule has 0 spiro atoms. The quantitative estimate of drug-likeness (QED) is 0.946. The molecule has 0 radical (unpaired) electrons. The van der Waals surface area contributed by atoms with Crippen LogP contribution in [0.3, 0.4) is 0 Å². The second-order valence-electron chi connectivity index (χ2n) is 4.34. The number of nitrogens with two attached hydrogens (primary N) is 1. The van der Waals surface area contributed by atoms with Crippen LogP contribution in [0.1, 0.15) is 19.0 Å². The van der Waals surface area contributed by atoms with E-state index in [1.807, 2.05) is 18.5 Å². The first kappa shape index (κ1) is 14.0. The molecule has 0 aliphatic heterocycles. The molecular formula is C13H15Cl2N3O. The highest BCUT2D eigenvalue weighted by Crippen LogP contribution is 2.24. The first-order valence-electron chi connectivity index (χ1n) is 6.00. The van der Waals surface area contributed by atoms with Crippen LogP contribution in [0.5, 0.6) is 0 Å². The number of anilines is 1. The zero-order chi connectivity index (χ0) is 14.2. The normalized spacial score (nSPS) is 10.9. The Morgan fingerprint density at radius 1 is 1.26 bits per heavy atom. The average molecular weight is 300 g/mol.